The first-order valence-corrected chi connectivity index (χ1v) is 5.25. The summed E-state index contributed by atoms with van der Waals surface area (Å²) in [6.45, 7) is 0. The second kappa shape index (κ2) is 4.19. The maximum absolute atomic E-state index is 13.3. The Morgan fingerprint density at radius 1 is 1.54 bits per heavy atom. The Balaban J connectivity index is 3.38. The molecule has 0 spiro atoms. The van der Waals surface area contributed by atoms with Gasteiger partial charge in [0.15, 0.2) is 0 Å². The zero-order valence-electron chi connectivity index (χ0n) is 6.35. The number of carboxylic acids is 1. The lowest BCUT2D eigenvalue weighted by molar-refractivity contribution is 0.0690. The molecule has 0 radical (unpaired) electrons. The molecule has 0 saturated heterocycles. The van der Waals surface area contributed by atoms with E-state index in [-0.39, 0.29) is 10.0 Å². The lowest BCUT2D eigenvalue weighted by Crippen LogP contribution is -2.04. The van der Waals surface area contributed by atoms with Gasteiger partial charge in [0.1, 0.15) is 11.4 Å². The fraction of sp³-hybridized carbons (Fsp3) is 0.125. The van der Waals surface area contributed by atoms with E-state index in [0.717, 1.165) is 0 Å². The first-order chi connectivity index (χ1) is 6.07. The molecule has 0 bridgehead atoms. The highest BCUT2D eigenvalue weighted by atomic mass is 79.9. The van der Waals surface area contributed by atoms with Crippen molar-refractivity contribution >= 4 is 37.8 Å². The molecule has 70 valence electrons. The van der Waals surface area contributed by atoms with E-state index < -0.39 is 11.8 Å². The van der Waals surface area contributed by atoms with Gasteiger partial charge in [-0.25, -0.2) is 9.18 Å². The van der Waals surface area contributed by atoms with E-state index in [0.29, 0.717) is 10.9 Å². The highest BCUT2D eigenvalue weighted by Gasteiger charge is 2.17. The Morgan fingerprint density at radius 3 is 2.62 bits per heavy atom. The summed E-state index contributed by atoms with van der Waals surface area (Å²) >= 11 is 6.04. The minimum Gasteiger partial charge on any atom is -0.478 e. The Hall–Kier alpha value is -0.420. The number of rotatable bonds is 2. The molecule has 0 unspecified atom stereocenters. The van der Waals surface area contributed by atoms with Crippen molar-refractivity contribution in [2.24, 2.45) is 0 Å². The van der Waals surface area contributed by atoms with Crippen LogP contribution in [0.5, 0.6) is 0 Å². The molecule has 0 aliphatic carbocycles. The molecule has 0 aliphatic heterocycles. The lowest BCUT2D eigenvalue weighted by atomic mass is 10.1. The minimum atomic E-state index is -1.27. The largest absolute Gasteiger partial charge is 0.478 e. The van der Waals surface area contributed by atoms with Crippen LogP contribution in [0.3, 0.4) is 0 Å². The molecule has 0 atom stereocenters. The first-order valence-electron chi connectivity index (χ1n) is 3.34. The number of aromatic carboxylic acids is 1. The van der Waals surface area contributed by atoms with Crippen molar-refractivity contribution < 1.29 is 14.3 Å². The molecule has 0 aliphatic rings. The quantitative estimate of drug-likeness (QED) is 0.852. The van der Waals surface area contributed by atoms with Crippen molar-refractivity contribution in [1.82, 2.24) is 0 Å². The molecule has 0 heterocycles. The second-order valence-electron chi connectivity index (χ2n) is 2.33. The van der Waals surface area contributed by atoms with Gasteiger partial charge in [0.2, 0.25) is 0 Å². The van der Waals surface area contributed by atoms with E-state index in [9.17, 15) is 9.18 Å². The van der Waals surface area contributed by atoms with E-state index in [4.69, 9.17) is 5.11 Å². The molecule has 13 heavy (non-hydrogen) atoms. The molecule has 0 amide bonds. The number of carboxylic acid groups (broad SMARTS) is 1. The summed E-state index contributed by atoms with van der Waals surface area (Å²) in [5, 5.41) is 8.98. The van der Waals surface area contributed by atoms with Crippen molar-refractivity contribution in [2.45, 2.75) is 5.33 Å². The highest BCUT2D eigenvalue weighted by Crippen LogP contribution is 2.24. The summed E-state index contributed by atoms with van der Waals surface area (Å²) < 4.78 is 13.6. The summed E-state index contributed by atoms with van der Waals surface area (Å²) in [6, 6.07) is 3.05. The molecular formula is C8H5Br2FO2. The fourth-order valence-corrected chi connectivity index (χ4v) is 1.80. The third-order valence-corrected chi connectivity index (χ3v) is 2.79. The van der Waals surface area contributed by atoms with Gasteiger partial charge in [0.05, 0.1) is 0 Å². The Bertz CT molecular complexity index is 352. The van der Waals surface area contributed by atoms with Gasteiger partial charge in [0.25, 0.3) is 0 Å². The zero-order chi connectivity index (χ0) is 10.0. The molecule has 1 aromatic rings. The van der Waals surface area contributed by atoms with Crippen molar-refractivity contribution in [2.75, 3.05) is 0 Å². The minimum absolute atomic E-state index is 0.252. The highest BCUT2D eigenvalue weighted by molar-refractivity contribution is 9.10. The van der Waals surface area contributed by atoms with Crippen LogP contribution in [0.2, 0.25) is 0 Å². The SMILES string of the molecule is O=C(O)c1c(Br)ccc(CBr)c1F. The van der Waals surface area contributed by atoms with Crippen molar-refractivity contribution in [3.8, 4) is 0 Å². The predicted molar refractivity (Wildman–Crippen MR) is 53.7 cm³/mol. The third kappa shape index (κ3) is 2.08. The summed E-state index contributed by atoms with van der Waals surface area (Å²) in [5.74, 6) is -1.97. The predicted octanol–water partition coefficient (Wildman–Crippen LogP) is 3.18. The molecular weight excluding hydrogens is 307 g/mol. The average Bonchev–Trinajstić information content (AvgIpc) is 2.04. The number of halogens is 3. The second-order valence-corrected chi connectivity index (χ2v) is 3.75. The van der Waals surface area contributed by atoms with Gasteiger partial charge >= 0.3 is 5.97 Å². The molecule has 1 aromatic carbocycles. The van der Waals surface area contributed by atoms with Crippen LogP contribution in [0.15, 0.2) is 16.6 Å². The van der Waals surface area contributed by atoms with Crippen LogP contribution in [0.1, 0.15) is 15.9 Å². The van der Waals surface area contributed by atoms with Crippen LogP contribution >= 0.6 is 31.9 Å². The van der Waals surface area contributed by atoms with Crippen LogP contribution < -0.4 is 0 Å². The van der Waals surface area contributed by atoms with Gasteiger partial charge in [-0.3, -0.25) is 0 Å². The summed E-state index contributed by atoms with van der Waals surface area (Å²) in [4.78, 5) is 10.6. The number of benzene rings is 1. The van der Waals surface area contributed by atoms with Gasteiger partial charge in [0, 0.05) is 9.80 Å². The molecule has 0 aromatic heterocycles. The van der Waals surface area contributed by atoms with Crippen molar-refractivity contribution in [1.29, 1.82) is 0 Å². The van der Waals surface area contributed by atoms with Crippen LogP contribution in [-0.4, -0.2) is 11.1 Å². The number of hydrogen-bond acceptors (Lipinski definition) is 1. The number of alkyl halides is 1. The normalized spacial score (nSPS) is 10.1. The van der Waals surface area contributed by atoms with E-state index in [2.05, 4.69) is 31.9 Å². The van der Waals surface area contributed by atoms with Gasteiger partial charge in [-0.1, -0.05) is 22.0 Å². The molecule has 0 fully saturated rings. The monoisotopic (exact) mass is 310 g/mol. The fourth-order valence-electron chi connectivity index (χ4n) is 0.895. The molecule has 0 saturated carbocycles. The summed E-state index contributed by atoms with van der Waals surface area (Å²) in [6.07, 6.45) is 0. The Kier molecular flexibility index (Phi) is 3.44. The topological polar surface area (TPSA) is 37.3 Å². The van der Waals surface area contributed by atoms with Crippen molar-refractivity contribution in [3.05, 3.63) is 33.5 Å². The summed E-state index contributed by atoms with van der Waals surface area (Å²) in [5.41, 5.74) is 0.0116. The lowest BCUT2D eigenvalue weighted by Gasteiger charge is -2.04. The zero-order valence-corrected chi connectivity index (χ0v) is 9.52. The first kappa shape index (κ1) is 10.7. The van der Waals surface area contributed by atoms with Crippen LogP contribution in [0.25, 0.3) is 0 Å². The van der Waals surface area contributed by atoms with Crippen molar-refractivity contribution in [3.63, 3.8) is 0 Å². The van der Waals surface area contributed by atoms with E-state index >= 15 is 0 Å². The maximum Gasteiger partial charge on any atom is 0.339 e. The number of hydrogen-bond donors (Lipinski definition) is 1. The molecule has 1 N–H and O–H groups in total. The van der Waals surface area contributed by atoms with E-state index in [1.165, 1.54) is 12.1 Å². The average molecular weight is 312 g/mol. The van der Waals surface area contributed by atoms with Gasteiger partial charge in [-0.05, 0) is 27.6 Å². The standard InChI is InChI=1S/C8H5Br2FO2/c9-3-4-1-2-5(10)6(7(4)11)8(12)13/h1-2H,3H2,(H,12,13). The summed E-state index contributed by atoms with van der Waals surface area (Å²) in [7, 11) is 0. The molecule has 1 rings (SSSR count). The Morgan fingerprint density at radius 2 is 2.15 bits per heavy atom. The molecule has 2 nitrogen and oxygen atoms in total. The van der Waals surface area contributed by atoms with Gasteiger partial charge in [-0.15, -0.1) is 0 Å². The van der Waals surface area contributed by atoms with E-state index in [1.54, 1.807) is 0 Å². The maximum atomic E-state index is 13.3. The van der Waals surface area contributed by atoms with Crippen LogP contribution in [-0.2, 0) is 5.33 Å². The number of carbonyl (C=O) groups is 1. The van der Waals surface area contributed by atoms with Crippen LogP contribution in [0, 0.1) is 5.82 Å². The smallest absolute Gasteiger partial charge is 0.339 e. The van der Waals surface area contributed by atoms with Gasteiger partial charge < -0.3 is 5.11 Å². The Labute approximate surface area is 91.0 Å². The third-order valence-electron chi connectivity index (χ3n) is 1.53. The molecule has 5 heteroatoms. The van der Waals surface area contributed by atoms with Gasteiger partial charge in [-0.2, -0.15) is 0 Å². The van der Waals surface area contributed by atoms with E-state index in [1.807, 2.05) is 0 Å². The van der Waals surface area contributed by atoms with Crippen LogP contribution in [0.4, 0.5) is 4.39 Å².